The summed E-state index contributed by atoms with van der Waals surface area (Å²) >= 11 is 0. The van der Waals surface area contributed by atoms with Crippen molar-refractivity contribution in [2.45, 2.75) is 20.1 Å². The van der Waals surface area contributed by atoms with Gasteiger partial charge in [-0.05, 0) is 31.2 Å². The van der Waals surface area contributed by atoms with Gasteiger partial charge in [0.05, 0.1) is 13.1 Å². The van der Waals surface area contributed by atoms with Gasteiger partial charge in [0, 0.05) is 29.4 Å². The zero-order valence-electron chi connectivity index (χ0n) is 17.3. The van der Waals surface area contributed by atoms with Crippen molar-refractivity contribution < 1.29 is 27.8 Å². The lowest BCUT2D eigenvalue weighted by atomic mass is 10.1. The smallest absolute Gasteiger partial charge is 0.387 e. The Hall–Kier alpha value is -4.00. The second kappa shape index (κ2) is 10.9. The Bertz CT molecular complexity index is 1040. The van der Waals surface area contributed by atoms with E-state index in [2.05, 4.69) is 31.6 Å². The van der Waals surface area contributed by atoms with E-state index in [1.54, 1.807) is 24.3 Å². The first kappa shape index (κ1) is 22.7. The van der Waals surface area contributed by atoms with Crippen molar-refractivity contribution in [3.05, 3.63) is 47.5 Å². The van der Waals surface area contributed by atoms with Gasteiger partial charge in [0.15, 0.2) is 17.5 Å². The Morgan fingerprint density at radius 1 is 1.25 bits per heavy atom. The van der Waals surface area contributed by atoms with Gasteiger partial charge >= 0.3 is 6.61 Å². The van der Waals surface area contributed by atoms with E-state index in [9.17, 15) is 13.6 Å². The predicted molar refractivity (Wildman–Crippen MR) is 115 cm³/mol. The molecule has 0 bridgehead atoms. The molecule has 0 saturated heterocycles. The molecule has 1 aliphatic heterocycles. The minimum Gasteiger partial charge on any atom is -0.454 e. The van der Waals surface area contributed by atoms with Crippen LogP contribution in [0, 0.1) is 12.3 Å². The summed E-state index contributed by atoms with van der Waals surface area (Å²) in [6.45, 7) is -0.692. The van der Waals surface area contributed by atoms with Crippen LogP contribution in [0.3, 0.4) is 0 Å². The molecule has 2 aromatic carbocycles. The number of terminal acetylenes is 1. The number of fused-ring (bicyclic) bond motifs is 1. The monoisotopic (exact) mass is 444 g/mol. The summed E-state index contributed by atoms with van der Waals surface area (Å²) in [4.78, 5) is 16.6. The van der Waals surface area contributed by atoms with E-state index in [4.69, 9.17) is 15.9 Å². The van der Waals surface area contributed by atoms with Gasteiger partial charge in [0.1, 0.15) is 5.75 Å². The van der Waals surface area contributed by atoms with E-state index < -0.39 is 6.61 Å². The number of carbonyl (C=O) groups is 1. The van der Waals surface area contributed by atoms with E-state index in [-0.39, 0.29) is 31.5 Å². The van der Waals surface area contributed by atoms with Crippen molar-refractivity contribution in [2.75, 3.05) is 25.2 Å². The molecule has 168 valence electrons. The highest BCUT2D eigenvalue weighted by Crippen LogP contribution is 2.39. The molecule has 0 radical (unpaired) electrons. The second-order valence-electron chi connectivity index (χ2n) is 6.51. The van der Waals surface area contributed by atoms with Gasteiger partial charge in [-0.3, -0.25) is 4.79 Å². The quantitative estimate of drug-likeness (QED) is 0.329. The molecule has 0 spiro atoms. The lowest BCUT2D eigenvalue weighted by Crippen LogP contribution is -2.41. The number of rotatable bonds is 8. The lowest BCUT2D eigenvalue weighted by Gasteiger charge is -2.13. The first-order valence-electron chi connectivity index (χ1n) is 9.74. The molecular weight excluding hydrogens is 422 g/mol. The van der Waals surface area contributed by atoms with Crippen LogP contribution in [0.1, 0.15) is 18.1 Å². The molecule has 0 aliphatic carbocycles. The molecule has 3 N–H and O–H groups in total. The Labute approximate surface area is 184 Å². The minimum absolute atomic E-state index is 0.000138. The normalized spacial score (nSPS) is 12.3. The SMILES string of the molecule is C#Cc1cccc(NC(=O)CNC(=NCc2cc3c(cc2OC(F)F)OCO3)NCC)c1. The minimum atomic E-state index is -3.00. The number of guanidine groups is 1. The van der Waals surface area contributed by atoms with Gasteiger partial charge in [-0.25, -0.2) is 4.99 Å². The number of ether oxygens (including phenoxy) is 3. The summed E-state index contributed by atoms with van der Waals surface area (Å²) in [7, 11) is 0. The molecule has 1 amide bonds. The molecule has 0 saturated carbocycles. The topological polar surface area (TPSA) is 93.2 Å². The van der Waals surface area contributed by atoms with Gasteiger partial charge in [0.2, 0.25) is 12.7 Å². The molecule has 32 heavy (non-hydrogen) atoms. The van der Waals surface area contributed by atoms with Gasteiger partial charge in [-0.2, -0.15) is 8.78 Å². The van der Waals surface area contributed by atoms with Crippen LogP contribution in [0.2, 0.25) is 0 Å². The average Bonchev–Trinajstić information content (AvgIpc) is 3.22. The van der Waals surface area contributed by atoms with Crippen molar-refractivity contribution in [1.82, 2.24) is 10.6 Å². The molecule has 0 atom stereocenters. The number of benzene rings is 2. The standard InChI is InChI=1S/C22H22F2N4O4/c1-3-14-6-5-7-16(8-14)28-20(29)12-27-22(25-4-2)26-11-15-9-18-19(31-13-30-18)10-17(15)32-21(23)24/h1,5-10,21H,4,11-13H2,2H3,(H,28,29)(H2,25,26,27). The molecule has 1 aliphatic rings. The van der Waals surface area contributed by atoms with Crippen LogP contribution in [0.4, 0.5) is 14.5 Å². The fourth-order valence-corrected chi connectivity index (χ4v) is 2.86. The van der Waals surface area contributed by atoms with E-state index in [0.29, 0.717) is 40.8 Å². The van der Waals surface area contributed by atoms with Crippen LogP contribution < -0.4 is 30.2 Å². The number of anilines is 1. The fraction of sp³-hybridized carbons (Fsp3) is 0.273. The Balaban J connectivity index is 1.66. The number of nitrogens with zero attached hydrogens (tertiary/aromatic N) is 1. The van der Waals surface area contributed by atoms with E-state index in [0.717, 1.165) is 0 Å². The van der Waals surface area contributed by atoms with Gasteiger partial charge in [-0.15, -0.1) is 6.42 Å². The number of alkyl halides is 2. The van der Waals surface area contributed by atoms with Crippen LogP contribution >= 0.6 is 0 Å². The summed E-state index contributed by atoms with van der Waals surface area (Å²) in [6.07, 6.45) is 5.37. The molecule has 0 fully saturated rings. The maximum Gasteiger partial charge on any atom is 0.387 e. The van der Waals surface area contributed by atoms with Crippen molar-refractivity contribution >= 4 is 17.6 Å². The number of nitrogens with one attached hydrogen (secondary N) is 3. The number of hydrogen-bond donors (Lipinski definition) is 3. The highest BCUT2D eigenvalue weighted by Gasteiger charge is 2.20. The van der Waals surface area contributed by atoms with Crippen LogP contribution in [-0.2, 0) is 11.3 Å². The molecule has 0 unspecified atom stereocenters. The first-order valence-corrected chi connectivity index (χ1v) is 9.74. The van der Waals surface area contributed by atoms with Crippen molar-refractivity contribution in [3.8, 4) is 29.6 Å². The molecule has 1 heterocycles. The number of hydrogen-bond acceptors (Lipinski definition) is 5. The summed E-state index contributed by atoms with van der Waals surface area (Å²) in [5, 5.41) is 8.62. The third kappa shape index (κ3) is 6.25. The summed E-state index contributed by atoms with van der Waals surface area (Å²) in [5.74, 6) is 3.19. The second-order valence-corrected chi connectivity index (χ2v) is 6.51. The zero-order valence-corrected chi connectivity index (χ0v) is 17.3. The Kier molecular flexibility index (Phi) is 7.70. The van der Waals surface area contributed by atoms with Crippen LogP contribution in [-0.4, -0.2) is 38.4 Å². The highest BCUT2D eigenvalue weighted by atomic mass is 19.3. The zero-order chi connectivity index (χ0) is 22.9. The largest absolute Gasteiger partial charge is 0.454 e. The number of halogens is 2. The molecule has 2 aromatic rings. The summed E-state index contributed by atoms with van der Waals surface area (Å²) in [5.41, 5.74) is 1.60. The van der Waals surface area contributed by atoms with E-state index in [1.165, 1.54) is 12.1 Å². The maximum atomic E-state index is 12.8. The van der Waals surface area contributed by atoms with Crippen LogP contribution in [0.25, 0.3) is 0 Å². The van der Waals surface area contributed by atoms with Gasteiger partial charge in [-0.1, -0.05) is 12.0 Å². The van der Waals surface area contributed by atoms with Crippen molar-refractivity contribution in [3.63, 3.8) is 0 Å². The van der Waals surface area contributed by atoms with Gasteiger partial charge < -0.3 is 30.2 Å². The Morgan fingerprint density at radius 2 is 2.03 bits per heavy atom. The van der Waals surface area contributed by atoms with Gasteiger partial charge in [0.25, 0.3) is 0 Å². The Morgan fingerprint density at radius 3 is 2.75 bits per heavy atom. The maximum absolute atomic E-state index is 12.8. The number of aliphatic imine (C=N–C) groups is 1. The summed E-state index contributed by atoms with van der Waals surface area (Å²) in [6, 6.07) is 9.79. The average molecular weight is 444 g/mol. The third-order valence-electron chi connectivity index (χ3n) is 4.25. The van der Waals surface area contributed by atoms with Crippen molar-refractivity contribution in [2.24, 2.45) is 4.99 Å². The first-order chi connectivity index (χ1) is 15.5. The van der Waals surface area contributed by atoms with Crippen LogP contribution in [0.15, 0.2) is 41.4 Å². The van der Waals surface area contributed by atoms with Crippen molar-refractivity contribution in [1.29, 1.82) is 0 Å². The number of amides is 1. The molecular formula is C22H22F2N4O4. The van der Waals surface area contributed by atoms with E-state index >= 15 is 0 Å². The molecule has 0 aromatic heterocycles. The molecule has 10 heteroatoms. The molecule has 3 rings (SSSR count). The predicted octanol–water partition coefficient (Wildman–Crippen LogP) is 2.69. The number of carbonyl (C=O) groups excluding carboxylic acids is 1. The molecule has 8 nitrogen and oxygen atoms in total. The third-order valence-corrected chi connectivity index (χ3v) is 4.25. The lowest BCUT2D eigenvalue weighted by molar-refractivity contribution is -0.115. The van der Waals surface area contributed by atoms with E-state index in [1.807, 2.05) is 6.92 Å². The summed E-state index contributed by atoms with van der Waals surface area (Å²) < 4.78 is 40.7. The van der Waals surface area contributed by atoms with Crippen LogP contribution in [0.5, 0.6) is 17.2 Å². The highest BCUT2D eigenvalue weighted by molar-refractivity contribution is 5.95. The fourth-order valence-electron chi connectivity index (χ4n) is 2.86.